The Bertz CT molecular complexity index is 1550. The SMILES string of the molecule is COc1cc(C2c3c(oc4cc(C)c(C)cc4c3=O)C(=O)N2c2ccc(C)c(C)c2)ccc1O. The number of phenolic OH excluding ortho intramolecular Hbond substituents is 1. The number of hydrogen-bond acceptors (Lipinski definition) is 5. The van der Waals surface area contributed by atoms with Gasteiger partial charge in [-0.15, -0.1) is 0 Å². The van der Waals surface area contributed by atoms with E-state index in [0.717, 1.165) is 22.3 Å². The molecule has 0 saturated carbocycles. The molecule has 0 fully saturated rings. The first-order chi connectivity index (χ1) is 16.2. The fraction of sp³-hybridized carbons (Fsp3) is 0.214. The number of amides is 1. The summed E-state index contributed by atoms with van der Waals surface area (Å²) < 4.78 is 11.4. The number of phenols is 1. The number of hydrogen-bond donors (Lipinski definition) is 1. The first-order valence-corrected chi connectivity index (χ1v) is 11.1. The zero-order valence-electron chi connectivity index (χ0n) is 19.7. The van der Waals surface area contributed by atoms with Gasteiger partial charge >= 0.3 is 0 Å². The summed E-state index contributed by atoms with van der Waals surface area (Å²) in [5.41, 5.74) is 5.81. The Hall–Kier alpha value is -4.06. The Balaban J connectivity index is 1.83. The van der Waals surface area contributed by atoms with Crippen molar-refractivity contribution in [2.75, 3.05) is 12.0 Å². The summed E-state index contributed by atoms with van der Waals surface area (Å²) in [5.74, 6) is -0.108. The lowest BCUT2D eigenvalue weighted by molar-refractivity contribution is 0.0971. The van der Waals surface area contributed by atoms with Crippen LogP contribution in [0.4, 0.5) is 5.69 Å². The van der Waals surface area contributed by atoms with Crippen molar-refractivity contribution in [3.05, 3.63) is 97.9 Å². The minimum Gasteiger partial charge on any atom is -0.504 e. The predicted molar refractivity (Wildman–Crippen MR) is 131 cm³/mol. The molecule has 1 atom stereocenters. The third-order valence-corrected chi connectivity index (χ3v) is 6.77. The minimum absolute atomic E-state index is 0.0230. The van der Waals surface area contributed by atoms with E-state index in [1.54, 1.807) is 23.1 Å². The van der Waals surface area contributed by atoms with Crippen LogP contribution in [0.2, 0.25) is 0 Å². The largest absolute Gasteiger partial charge is 0.504 e. The molecule has 0 bridgehead atoms. The molecule has 34 heavy (non-hydrogen) atoms. The number of ether oxygens (including phenoxy) is 1. The number of anilines is 1. The zero-order valence-corrected chi connectivity index (χ0v) is 19.7. The molecule has 0 saturated heterocycles. The Morgan fingerprint density at radius 2 is 1.59 bits per heavy atom. The van der Waals surface area contributed by atoms with Crippen LogP contribution in [0.1, 0.15) is 50.0 Å². The van der Waals surface area contributed by atoms with E-state index in [-0.39, 0.29) is 34.2 Å². The molecular formula is C28H25NO5. The second-order valence-electron chi connectivity index (χ2n) is 8.88. The molecular weight excluding hydrogens is 430 g/mol. The van der Waals surface area contributed by atoms with Gasteiger partial charge in [-0.3, -0.25) is 14.5 Å². The molecule has 0 radical (unpaired) electrons. The quantitative estimate of drug-likeness (QED) is 0.442. The summed E-state index contributed by atoms with van der Waals surface area (Å²) >= 11 is 0. The van der Waals surface area contributed by atoms with E-state index in [1.165, 1.54) is 13.2 Å². The van der Waals surface area contributed by atoms with Gasteiger partial charge in [0.2, 0.25) is 5.76 Å². The lowest BCUT2D eigenvalue weighted by Gasteiger charge is -2.26. The van der Waals surface area contributed by atoms with Crippen molar-refractivity contribution >= 4 is 22.6 Å². The molecule has 1 unspecified atom stereocenters. The van der Waals surface area contributed by atoms with E-state index in [4.69, 9.17) is 9.15 Å². The monoisotopic (exact) mass is 455 g/mol. The van der Waals surface area contributed by atoms with Crippen LogP contribution in [-0.2, 0) is 0 Å². The van der Waals surface area contributed by atoms with Crippen molar-refractivity contribution in [3.8, 4) is 11.5 Å². The molecule has 2 heterocycles. The fourth-order valence-corrected chi connectivity index (χ4v) is 4.55. The standard InChI is InChI=1S/C28H25NO5/c1-14-6-8-19(10-15(14)2)29-25(18-7-9-21(30)23(13-18)33-5)24-26(31)20-11-16(3)17(4)12-22(20)34-27(24)28(29)32/h6-13,25,30H,1-5H3. The Morgan fingerprint density at radius 1 is 0.882 bits per heavy atom. The summed E-state index contributed by atoms with van der Waals surface area (Å²) in [6.07, 6.45) is 0. The maximum Gasteiger partial charge on any atom is 0.295 e. The van der Waals surface area contributed by atoms with Gasteiger partial charge in [0.15, 0.2) is 16.9 Å². The topological polar surface area (TPSA) is 80.0 Å². The highest BCUT2D eigenvalue weighted by atomic mass is 16.5. The average Bonchev–Trinajstić information content (AvgIpc) is 3.10. The Labute approximate surface area is 197 Å². The van der Waals surface area contributed by atoms with Gasteiger partial charge in [-0.05, 0) is 91.9 Å². The van der Waals surface area contributed by atoms with E-state index < -0.39 is 6.04 Å². The zero-order chi connectivity index (χ0) is 24.3. The van der Waals surface area contributed by atoms with Gasteiger partial charge in [0, 0.05) is 5.69 Å². The number of aryl methyl sites for hydroxylation is 4. The fourth-order valence-electron chi connectivity index (χ4n) is 4.55. The highest BCUT2D eigenvalue weighted by Gasteiger charge is 2.44. The van der Waals surface area contributed by atoms with E-state index in [0.29, 0.717) is 22.2 Å². The van der Waals surface area contributed by atoms with Gasteiger partial charge in [-0.25, -0.2) is 0 Å². The summed E-state index contributed by atoms with van der Waals surface area (Å²) in [5, 5.41) is 10.6. The van der Waals surface area contributed by atoms with E-state index >= 15 is 0 Å². The molecule has 4 aromatic rings. The van der Waals surface area contributed by atoms with Crippen LogP contribution < -0.4 is 15.1 Å². The number of carbonyl (C=O) groups excluding carboxylic acids is 1. The van der Waals surface area contributed by atoms with Crippen molar-refractivity contribution in [2.24, 2.45) is 0 Å². The minimum atomic E-state index is -0.735. The third kappa shape index (κ3) is 3.17. The number of methoxy groups -OCH3 is 1. The van der Waals surface area contributed by atoms with Crippen LogP contribution >= 0.6 is 0 Å². The summed E-state index contributed by atoms with van der Waals surface area (Å²) in [7, 11) is 1.46. The second-order valence-corrected chi connectivity index (χ2v) is 8.88. The molecule has 1 amide bonds. The maximum absolute atomic E-state index is 13.8. The number of aromatic hydroxyl groups is 1. The Kier molecular flexibility index (Phi) is 4.97. The molecule has 6 heteroatoms. The number of benzene rings is 3. The highest BCUT2D eigenvalue weighted by Crippen LogP contribution is 2.43. The van der Waals surface area contributed by atoms with Gasteiger partial charge in [-0.2, -0.15) is 0 Å². The van der Waals surface area contributed by atoms with Crippen molar-refractivity contribution in [2.45, 2.75) is 33.7 Å². The van der Waals surface area contributed by atoms with Crippen molar-refractivity contribution in [1.29, 1.82) is 0 Å². The van der Waals surface area contributed by atoms with Crippen LogP contribution in [0.25, 0.3) is 11.0 Å². The summed E-state index contributed by atoms with van der Waals surface area (Å²) in [6, 6.07) is 13.5. The van der Waals surface area contributed by atoms with Gasteiger partial charge < -0.3 is 14.3 Å². The maximum atomic E-state index is 13.8. The average molecular weight is 456 g/mol. The van der Waals surface area contributed by atoms with Crippen LogP contribution in [0, 0.1) is 27.7 Å². The molecule has 5 rings (SSSR count). The molecule has 172 valence electrons. The predicted octanol–water partition coefficient (Wildman–Crippen LogP) is 5.49. The molecule has 1 aliphatic heterocycles. The molecule has 0 spiro atoms. The first-order valence-electron chi connectivity index (χ1n) is 11.1. The number of nitrogens with zero attached hydrogens (tertiary/aromatic N) is 1. The van der Waals surface area contributed by atoms with Gasteiger partial charge in [0.05, 0.1) is 24.1 Å². The van der Waals surface area contributed by atoms with Crippen LogP contribution in [-0.4, -0.2) is 18.1 Å². The van der Waals surface area contributed by atoms with E-state index in [1.807, 2.05) is 52.0 Å². The molecule has 6 nitrogen and oxygen atoms in total. The molecule has 1 aliphatic rings. The number of carbonyl (C=O) groups is 1. The summed E-state index contributed by atoms with van der Waals surface area (Å²) in [6.45, 7) is 7.87. The van der Waals surface area contributed by atoms with Gasteiger partial charge in [0.25, 0.3) is 5.91 Å². The highest BCUT2D eigenvalue weighted by molar-refractivity contribution is 6.10. The molecule has 1 aromatic heterocycles. The third-order valence-electron chi connectivity index (χ3n) is 6.77. The van der Waals surface area contributed by atoms with Crippen molar-refractivity contribution in [1.82, 2.24) is 0 Å². The Morgan fingerprint density at radius 3 is 2.29 bits per heavy atom. The molecule has 3 aromatic carbocycles. The van der Waals surface area contributed by atoms with E-state index in [2.05, 4.69) is 0 Å². The van der Waals surface area contributed by atoms with Crippen LogP contribution in [0.15, 0.2) is 57.7 Å². The number of rotatable bonds is 3. The lowest BCUT2D eigenvalue weighted by Crippen LogP contribution is -2.29. The second kappa shape index (κ2) is 7.76. The lowest BCUT2D eigenvalue weighted by atomic mass is 9.96. The molecule has 0 aliphatic carbocycles. The van der Waals surface area contributed by atoms with Crippen molar-refractivity contribution in [3.63, 3.8) is 0 Å². The van der Waals surface area contributed by atoms with Crippen LogP contribution in [0.5, 0.6) is 11.5 Å². The smallest absolute Gasteiger partial charge is 0.295 e. The van der Waals surface area contributed by atoms with Gasteiger partial charge in [-0.1, -0.05) is 12.1 Å². The van der Waals surface area contributed by atoms with E-state index in [9.17, 15) is 14.7 Å². The van der Waals surface area contributed by atoms with Crippen LogP contribution in [0.3, 0.4) is 0 Å². The normalized spacial score (nSPS) is 15.1. The first kappa shape index (κ1) is 21.8. The number of fused-ring (bicyclic) bond motifs is 2. The van der Waals surface area contributed by atoms with Crippen molar-refractivity contribution < 1.29 is 19.1 Å². The van der Waals surface area contributed by atoms with Gasteiger partial charge in [0.1, 0.15) is 5.58 Å². The molecule has 1 N–H and O–H groups in total. The summed E-state index contributed by atoms with van der Waals surface area (Å²) in [4.78, 5) is 29.2.